The largest absolute Gasteiger partial charge is 0.481 e. The molecule has 1 atom stereocenters. The maximum absolute atomic E-state index is 10.5. The van der Waals surface area contributed by atoms with Crippen LogP contribution in [0.4, 0.5) is 5.13 Å². The Bertz CT molecular complexity index is 399. The molecule has 0 bridgehead atoms. The molecule has 1 aliphatic rings. The number of thiazole rings is 1. The van der Waals surface area contributed by atoms with Crippen molar-refractivity contribution in [1.29, 1.82) is 0 Å². The summed E-state index contributed by atoms with van der Waals surface area (Å²) in [6, 6.07) is 0. The van der Waals surface area contributed by atoms with E-state index in [1.807, 2.05) is 0 Å². The zero-order valence-corrected chi connectivity index (χ0v) is 10.5. The van der Waals surface area contributed by atoms with Crippen LogP contribution in [0.5, 0.6) is 0 Å². The van der Waals surface area contributed by atoms with Crippen LogP contribution in [0.2, 0.25) is 0 Å². The minimum atomic E-state index is -0.854. The fourth-order valence-electron chi connectivity index (χ4n) is 1.86. The van der Waals surface area contributed by atoms with E-state index in [1.165, 1.54) is 11.3 Å². The molecule has 17 heavy (non-hydrogen) atoms. The molecule has 1 aliphatic heterocycles. The Morgan fingerprint density at radius 2 is 2.59 bits per heavy atom. The maximum Gasteiger partial charge on any atom is 0.309 e. The average molecular weight is 256 g/mol. The molecular weight excluding hydrogens is 240 g/mol. The molecule has 0 radical (unpaired) electrons. The quantitative estimate of drug-likeness (QED) is 0.839. The van der Waals surface area contributed by atoms with Gasteiger partial charge in [-0.3, -0.25) is 4.79 Å². The van der Waals surface area contributed by atoms with Crippen molar-refractivity contribution in [2.45, 2.75) is 31.8 Å². The predicted molar refractivity (Wildman–Crippen MR) is 65.5 cm³/mol. The Kier molecular flexibility index (Phi) is 3.63. The molecule has 2 N–H and O–H groups in total. The molecule has 1 fully saturated rings. The molecule has 1 unspecified atom stereocenters. The van der Waals surface area contributed by atoms with Gasteiger partial charge >= 0.3 is 5.97 Å². The van der Waals surface area contributed by atoms with Gasteiger partial charge in [0.15, 0.2) is 5.13 Å². The first kappa shape index (κ1) is 12.3. The number of carboxylic acids is 1. The van der Waals surface area contributed by atoms with Crippen molar-refractivity contribution >= 4 is 22.4 Å². The third-order valence-electron chi connectivity index (χ3n) is 2.80. The lowest BCUT2D eigenvalue weighted by molar-refractivity contribution is -0.136. The van der Waals surface area contributed by atoms with Crippen LogP contribution in [0.1, 0.15) is 25.5 Å². The number of nitrogens with one attached hydrogen (secondary N) is 1. The van der Waals surface area contributed by atoms with E-state index in [2.05, 4.69) is 17.2 Å². The van der Waals surface area contributed by atoms with E-state index in [0.29, 0.717) is 12.2 Å². The second-order valence-corrected chi connectivity index (χ2v) is 5.33. The molecule has 0 saturated carbocycles. The summed E-state index contributed by atoms with van der Waals surface area (Å²) in [6.07, 6.45) is 2.12. The van der Waals surface area contributed by atoms with E-state index >= 15 is 0 Å². The summed E-state index contributed by atoms with van der Waals surface area (Å²) in [4.78, 5) is 14.7. The van der Waals surface area contributed by atoms with Crippen molar-refractivity contribution in [3.05, 3.63) is 11.1 Å². The number of hydrogen-bond donors (Lipinski definition) is 2. The number of rotatable bonds is 5. The molecule has 0 amide bonds. The summed E-state index contributed by atoms with van der Waals surface area (Å²) in [7, 11) is 0. The lowest BCUT2D eigenvalue weighted by Crippen LogP contribution is -2.32. The minimum Gasteiger partial charge on any atom is -0.481 e. The lowest BCUT2D eigenvalue weighted by atomic mass is 10.0. The first-order valence-corrected chi connectivity index (χ1v) is 6.49. The number of anilines is 1. The Labute approximate surface area is 104 Å². The molecule has 94 valence electrons. The third kappa shape index (κ3) is 3.41. The van der Waals surface area contributed by atoms with E-state index in [0.717, 1.165) is 24.6 Å². The molecular formula is C11H16N2O3S. The van der Waals surface area contributed by atoms with Crippen molar-refractivity contribution in [3.63, 3.8) is 0 Å². The van der Waals surface area contributed by atoms with E-state index in [1.54, 1.807) is 5.38 Å². The summed E-state index contributed by atoms with van der Waals surface area (Å²) in [5, 5.41) is 14.4. The van der Waals surface area contributed by atoms with Gasteiger partial charge in [-0.05, 0) is 19.8 Å². The Balaban J connectivity index is 1.86. The van der Waals surface area contributed by atoms with E-state index in [4.69, 9.17) is 9.84 Å². The van der Waals surface area contributed by atoms with Gasteiger partial charge in [-0.15, -0.1) is 11.3 Å². The highest BCUT2D eigenvalue weighted by atomic mass is 32.1. The van der Waals surface area contributed by atoms with Crippen molar-refractivity contribution < 1.29 is 14.6 Å². The summed E-state index contributed by atoms with van der Waals surface area (Å²) in [5.41, 5.74) is 0.487. The van der Waals surface area contributed by atoms with Crippen LogP contribution in [0.15, 0.2) is 5.38 Å². The van der Waals surface area contributed by atoms with Crippen LogP contribution in [0, 0.1) is 0 Å². The fourth-order valence-corrected chi connectivity index (χ4v) is 2.57. The molecule has 0 aromatic carbocycles. The van der Waals surface area contributed by atoms with Crippen LogP contribution < -0.4 is 5.32 Å². The van der Waals surface area contributed by atoms with Crippen molar-refractivity contribution in [2.75, 3.05) is 18.5 Å². The molecule has 2 rings (SSSR count). The van der Waals surface area contributed by atoms with Gasteiger partial charge in [-0.2, -0.15) is 0 Å². The topological polar surface area (TPSA) is 71.5 Å². The van der Waals surface area contributed by atoms with Gasteiger partial charge in [0.1, 0.15) is 0 Å². The first-order chi connectivity index (χ1) is 8.07. The van der Waals surface area contributed by atoms with Gasteiger partial charge in [0.05, 0.1) is 17.7 Å². The molecule has 5 nitrogen and oxygen atoms in total. The van der Waals surface area contributed by atoms with Gasteiger partial charge in [0, 0.05) is 18.5 Å². The fraction of sp³-hybridized carbons (Fsp3) is 0.636. The summed E-state index contributed by atoms with van der Waals surface area (Å²) < 4.78 is 5.65. The zero-order valence-electron chi connectivity index (χ0n) is 9.73. The Morgan fingerprint density at radius 1 is 1.76 bits per heavy atom. The molecule has 0 aliphatic carbocycles. The number of ether oxygens (including phenoxy) is 1. The number of hydrogen-bond acceptors (Lipinski definition) is 5. The third-order valence-corrected chi connectivity index (χ3v) is 3.65. The van der Waals surface area contributed by atoms with Crippen molar-refractivity contribution in [2.24, 2.45) is 0 Å². The van der Waals surface area contributed by atoms with Crippen LogP contribution in [0.3, 0.4) is 0 Å². The molecule has 1 aromatic rings. The SMILES string of the molecule is CC1(CNc2nc(CC(=O)O)cs2)CCCO1. The molecule has 1 aromatic heterocycles. The zero-order chi connectivity index (χ0) is 12.3. The summed E-state index contributed by atoms with van der Waals surface area (Å²) in [6.45, 7) is 3.62. The smallest absolute Gasteiger partial charge is 0.309 e. The second-order valence-electron chi connectivity index (χ2n) is 4.47. The molecule has 0 spiro atoms. The van der Waals surface area contributed by atoms with Gasteiger partial charge < -0.3 is 15.2 Å². The molecule has 6 heteroatoms. The molecule has 2 heterocycles. The predicted octanol–water partition coefficient (Wildman–Crippen LogP) is 1.75. The summed E-state index contributed by atoms with van der Waals surface area (Å²) >= 11 is 1.43. The number of aromatic nitrogens is 1. The average Bonchev–Trinajstić information content (AvgIpc) is 2.85. The van der Waals surface area contributed by atoms with Gasteiger partial charge in [0.25, 0.3) is 0 Å². The Morgan fingerprint density at radius 3 is 3.24 bits per heavy atom. The minimum absolute atomic E-state index is 0.0219. The number of carboxylic acid groups (broad SMARTS) is 1. The lowest BCUT2D eigenvalue weighted by Gasteiger charge is -2.22. The van der Waals surface area contributed by atoms with Crippen LogP contribution in [-0.4, -0.2) is 34.8 Å². The van der Waals surface area contributed by atoms with E-state index in [-0.39, 0.29) is 12.0 Å². The van der Waals surface area contributed by atoms with Crippen molar-refractivity contribution in [1.82, 2.24) is 4.98 Å². The normalized spacial score (nSPS) is 23.8. The van der Waals surface area contributed by atoms with Crippen molar-refractivity contribution in [3.8, 4) is 0 Å². The second kappa shape index (κ2) is 5.01. The maximum atomic E-state index is 10.5. The molecule has 1 saturated heterocycles. The van der Waals surface area contributed by atoms with Crippen LogP contribution in [0.25, 0.3) is 0 Å². The number of nitrogens with zero attached hydrogens (tertiary/aromatic N) is 1. The van der Waals surface area contributed by atoms with E-state index < -0.39 is 5.97 Å². The highest BCUT2D eigenvalue weighted by Gasteiger charge is 2.29. The van der Waals surface area contributed by atoms with Crippen LogP contribution in [-0.2, 0) is 16.0 Å². The number of carbonyl (C=O) groups is 1. The van der Waals surface area contributed by atoms with Crippen LogP contribution >= 0.6 is 11.3 Å². The highest BCUT2D eigenvalue weighted by Crippen LogP contribution is 2.26. The summed E-state index contributed by atoms with van der Waals surface area (Å²) in [5.74, 6) is -0.854. The van der Waals surface area contributed by atoms with Gasteiger partial charge in [-0.25, -0.2) is 4.98 Å². The Hall–Kier alpha value is -1.14. The monoisotopic (exact) mass is 256 g/mol. The first-order valence-electron chi connectivity index (χ1n) is 5.61. The van der Waals surface area contributed by atoms with Gasteiger partial charge in [-0.1, -0.05) is 0 Å². The number of aliphatic carboxylic acids is 1. The van der Waals surface area contributed by atoms with Gasteiger partial charge in [0.2, 0.25) is 0 Å². The standard InChI is InChI=1S/C11H16N2O3S/c1-11(3-2-4-16-11)7-12-10-13-8(6-17-10)5-9(14)15/h6H,2-5,7H2,1H3,(H,12,13)(H,14,15). The van der Waals surface area contributed by atoms with E-state index in [9.17, 15) is 4.79 Å². The highest BCUT2D eigenvalue weighted by molar-refractivity contribution is 7.13.